The average Bonchev–Trinajstić information content (AvgIpc) is 2.65. The van der Waals surface area contributed by atoms with Crippen LogP contribution in [-0.2, 0) is 0 Å². The largest absolute Gasteiger partial charge is 0.497 e. The van der Waals surface area contributed by atoms with E-state index < -0.39 is 6.73 Å². The molecule has 0 atom stereocenters. The van der Waals surface area contributed by atoms with Crippen molar-refractivity contribution in [3.8, 4) is 29.0 Å². The van der Waals surface area contributed by atoms with Crippen LogP contribution in [0.2, 0.25) is 0 Å². The molecule has 0 saturated heterocycles. The van der Waals surface area contributed by atoms with Gasteiger partial charge in [0.15, 0.2) is 5.82 Å². The summed E-state index contributed by atoms with van der Waals surface area (Å²) >= 11 is 0. The van der Waals surface area contributed by atoms with E-state index in [1.807, 2.05) is 12.1 Å². The number of nitrogens with zero attached hydrogens (tertiary/aromatic N) is 4. The summed E-state index contributed by atoms with van der Waals surface area (Å²) in [5, 5.41) is 37.8. The first-order chi connectivity index (χ1) is 12.1. The molecule has 0 amide bonds. The number of pyridine rings is 1. The van der Waals surface area contributed by atoms with Gasteiger partial charge in [-0.15, -0.1) is 0 Å². The molecule has 0 radical (unpaired) electrons. The predicted molar refractivity (Wildman–Crippen MR) is 91.6 cm³/mol. The number of rotatable bonds is 6. The van der Waals surface area contributed by atoms with Crippen LogP contribution in [0.15, 0.2) is 24.3 Å². The fourth-order valence-electron chi connectivity index (χ4n) is 2.45. The van der Waals surface area contributed by atoms with E-state index in [1.165, 1.54) is 12.0 Å². The van der Waals surface area contributed by atoms with E-state index in [-0.39, 0.29) is 35.9 Å². The Hall–Kier alpha value is -3.33. The fourth-order valence-corrected chi connectivity index (χ4v) is 2.45. The number of anilines is 2. The lowest BCUT2D eigenvalue weighted by molar-refractivity contribution is 0.257. The molecule has 0 aliphatic heterocycles. The predicted octanol–water partition coefficient (Wildman–Crippen LogP) is 0.831. The number of ether oxygens (including phenoxy) is 1. The van der Waals surface area contributed by atoms with Gasteiger partial charge in [0.2, 0.25) is 0 Å². The molecule has 8 heteroatoms. The van der Waals surface area contributed by atoms with Crippen LogP contribution in [-0.4, -0.2) is 42.2 Å². The second kappa shape index (κ2) is 7.97. The van der Waals surface area contributed by atoms with Crippen LogP contribution in [0.3, 0.4) is 0 Å². The van der Waals surface area contributed by atoms with E-state index in [0.717, 1.165) is 0 Å². The van der Waals surface area contributed by atoms with Crippen molar-refractivity contribution in [1.82, 2.24) is 4.98 Å². The molecule has 0 bridgehead atoms. The zero-order valence-electron chi connectivity index (χ0n) is 13.6. The highest BCUT2D eigenvalue weighted by Crippen LogP contribution is 2.35. The van der Waals surface area contributed by atoms with Gasteiger partial charge in [-0.1, -0.05) is 12.1 Å². The van der Waals surface area contributed by atoms with Gasteiger partial charge in [0.05, 0.1) is 13.7 Å². The van der Waals surface area contributed by atoms with Gasteiger partial charge in [0, 0.05) is 12.1 Å². The molecule has 8 nitrogen and oxygen atoms in total. The van der Waals surface area contributed by atoms with Gasteiger partial charge in [0.1, 0.15) is 41.6 Å². The standard InChI is InChI=1S/C17H17N5O3/c1-25-12-4-2-11(3-5-12)15-13(8-18)16(20)21-17(14(15)9-19)22(10-24)6-7-23/h2-5,23-24H,6-7,10H2,1H3,(H2,20,21). The maximum absolute atomic E-state index is 9.65. The number of methoxy groups -OCH3 is 1. The Morgan fingerprint density at radius 2 is 1.80 bits per heavy atom. The minimum absolute atomic E-state index is 0.0568. The summed E-state index contributed by atoms with van der Waals surface area (Å²) in [6.45, 7) is -0.647. The fraction of sp³-hybridized carbons (Fsp3) is 0.235. The molecule has 0 saturated carbocycles. The first kappa shape index (κ1) is 18.0. The van der Waals surface area contributed by atoms with Gasteiger partial charge < -0.3 is 25.6 Å². The average molecular weight is 339 g/mol. The Morgan fingerprint density at radius 3 is 2.28 bits per heavy atom. The number of hydrogen-bond acceptors (Lipinski definition) is 8. The Kier molecular flexibility index (Phi) is 5.75. The molecule has 25 heavy (non-hydrogen) atoms. The summed E-state index contributed by atoms with van der Waals surface area (Å²) in [4.78, 5) is 5.40. The Balaban J connectivity index is 2.77. The van der Waals surface area contributed by atoms with E-state index in [2.05, 4.69) is 4.98 Å². The van der Waals surface area contributed by atoms with Crippen LogP contribution in [0.5, 0.6) is 5.75 Å². The minimum Gasteiger partial charge on any atom is -0.497 e. The van der Waals surface area contributed by atoms with E-state index in [1.54, 1.807) is 24.3 Å². The van der Waals surface area contributed by atoms with Crippen molar-refractivity contribution in [2.75, 3.05) is 37.6 Å². The van der Waals surface area contributed by atoms with Gasteiger partial charge in [0.25, 0.3) is 0 Å². The highest BCUT2D eigenvalue weighted by atomic mass is 16.5. The second-order valence-corrected chi connectivity index (χ2v) is 5.03. The second-order valence-electron chi connectivity index (χ2n) is 5.03. The molecular weight excluding hydrogens is 322 g/mol. The number of aromatic nitrogens is 1. The van der Waals surface area contributed by atoms with Gasteiger partial charge in [-0.05, 0) is 17.7 Å². The number of nitrogen functional groups attached to an aromatic ring is 1. The lowest BCUT2D eigenvalue weighted by Gasteiger charge is -2.23. The summed E-state index contributed by atoms with van der Waals surface area (Å²) in [6.07, 6.45) is 0. The molecule has 128 valence electrons. The summed E-state index contributed by atoms with van der Waals surface area (Å²) in [5.74, 6) is 0.681. The first-order valence-electron chi connectivity index (χ1n) is 7.36. The molecule has 0 aliphatic carbocycles. The van der Waals surface area contributed by atoms with Crippen molar-refractivity contribution in [1.29, 1.82) is 10.5 Å². The Morgan fingerprint density at radius 1 is 1.16 bits per heavy atom. The van der Waals surface area contributed by atoms with Crippen molar-refractivity contribution >= 4 is 11.6 Å². The van der Waals surface area contributed by atoms with Gasteiger partial charge in [-0.25, -0.2) is 4.98 Å². The molecular formula is C17H17N5O3. The van der Waals surface area contributed by atoms with Crippen LogP contribution in [0, 0.1) is 22.7 Å². The van der Waals surface area contributed by atoms with E-state index >= 15 is 0 Å². The van der Waals surface area contributed by atoms with Gasteiger partial charge >= 0.3 is 0 Å². The smallest absolute Gasteiger partial charge is 0.151 e. The summed E-state index contributed by atoms with van der Waals surface area (Å²) in [5.41, 5.74) is 6.99. The van der Waals surface area contributed by atoms with Crippen LogP contribution < -0.4 is 15.4 Å². The zero-order chi connectivity index (χ0) is 18.4. The van der Waals surface area contributed by atoms with Crippen molar-refractivity contribution in [2.45, 2.75) is 0 Å². The van der Waals surface area contributed by atoms with Gasteiger partial charge in [-0.2, -0.15) is 10.5 Å². The molecule has 2 aromatic rings. The maximum atomic E-state index is 9.65. The molecule has 1 aromatic heterocycles. The molecule has 0 fully saturated rings. The van der Waals surface area contributed by atoms with Crippen molar-refractivity contribution < 1.29 is 14.9 Å². The SMILES string of the molecule is COc1ccc(-c2c(C#N)c(N)nc(N(CO)CCO)c2C#N)cc1. The van der Waals surface area contributed by atoms with Crippen LogP contribution in [0.4, 0.5) is 11.6 Å². The Bertz CT molecular complexity index is 837. The summed E-state index contributed by atoms with van der Waals surface area (Å²) < 4.78 is 5.12. The molecule has 4 N–H and O–H groups in total. The molecule has 1 heterocycles. The normalized spacial score (nSPS) is 9.96. The lowest BCUT2D eigenvalue weighted by atomic mass is 9.95. The minimum atomic E-state index is -0.463. The molecule has 0 spiro atoms. The summed E-state index contributed by atoms with van der Waals surface area (Å²) in [6, 6.07) is 10.8. The third kappa shape index (κ3) is 3.45. The third-order valence-corrected chi connectivity index (χ3v) is 3.65. The molecule has 2 rings (SSSR count). The quantitative estimate of drug-likeness (QED) is 0.658. The zero-order valence-corrected chi connectivity index (χ0v) is 13.6. The monoisotopic (exact) mass is 339 g/mol. The number of aliphatic hydroxyl groups is 2. The number of aliphatic hydroxyl groups excluding tert-OH is 2. The van der Waals surface area contributed by atoms with E-state index in [0.29, 0.717) is 16.9 Å². The molecule has 0 unspecified atom stereocenters. The number of nitrogens with two attached hydrogens (primary N) is 1. The Labute approximate surface area is 144 Å². The molecule has 1 aromatic carbocycles. The third-order valence-electron chi connectivity index (χ3n) is 3.65. The van der Waals surface area contributed by atoms with Crippen LogP contribution >= 0.6 is 0 Å². The van der Waals surface area contributed by atoms with E-state index in [4.69, 9.17) is 15.6 Å². The lowest BCUT2D eigenvalue weighted by Crippen LogP contribution is -2.29. The molecule has 0 aliphatic rings. The van der Waals surface area contributed by atoms with Crippen molar-refractivity contribution in [3.05, 3.63) is 35.4 Å². The number of benzene rings is 1. The van der Waals surface area contributed by atoms with Gasteiger partial charge in [-0.3, -0.25) is 0 Å². The maximum Gasteiger partial charge on any atom is 0.151 e. The first-order valence-corrected chi connectivity index (χ1v) is 7.36. The number of hydrogen-bond donors (Lipinski definition) is 3. The van der Waals surface area contributed by atoms with Crippen molar-refractivity contribution in [3.63, 3.8) is 0 Å². The highest BCUT2D eigenvalue weighted by Gasteiger charge is 2.23. The topological polar surface area (TPSA) is 139 Å². The summed E-state index contributed by atoms with van der Waals surface area (Å²) in [7, 11) is 1.53. The van der Waals surface area contributed by atoms with Crippen LogP contribution in [0.25, 0.3) is 11.1 Å². The van der Waals surface area contributed by atoms with E-state index in [9.17, 15) is 15.6 Å². The van der Waals surface area contributed by atoms with Crippen LogP contribution in [0.1, 0.15) is 11.1 Å². The highest BCUT2D eigenvalue weighted by molar-refractivity contribution is 5.85. The van der Waals surface area contributed by atoms with Crippen molar-refractivity contribution in [2.24, 2.45) is 0 Å². The number of nitriles is 2.